The van der Waals surface area contributed by atoms with Gasteiger partial charge in [0.2, 0.25) is 5.91 Å². The number of carbonyl (C=O) groups is 2. The quantitative estimate of drug-likeness (QED) is 0.453. The molecule has 0 aliphatic heterocycles. The largest absolute Gasteiger partial charge is 0.489 e. The smallest absolute Gasteiger partial charge is 0.251 e. The number of hydrogen-bond donors (Lipinski definition) is 2. The van der Waals surface area contributed by atoms with Crippen molar-refractivity contribution in [1.29, 1.82) is 0 Å². The van der Waals surface area contributed by atoms with Crippen LogP contribution in [0.2, 0.25) is 5.02 Å². The lowest BCUT2D eigenvalue weighted by Gasteiger charge is -2.20. The zero-order valence-electron chi connectivity index (χ0n) is 19.1. The number of rotatable bonds is 9. The van der Waals surface area contributed by atoms with Crippen molar-refractivity contribution in [3.63, 3.8) is 0 Å². The van der Waals surface area contributed by atoms with E-state index in [2.05, 4.69) is 34.9 Å². The molecule has 0 radical (unpaired) electrons. The zero-order valence-corrected chi connectivity index (χ0v) is 19.9. The maximum absolute atomic E-state index is 12.9. The lowest BCUT2D eigenvalue weighted by Crippen LogP contribution is -2.44. The van der Waals surface area contributed by atoms with Crippen LogP contribution >= 0.6 is 11.6 Å². The number of carbonyl (C=O) groups excluding carboxylic acids is 2. The van der Waals surface area contributed by atoms with Crippen molar-refractivity contribution >= 4 is 23.4 Å². The predicted molar refractivity (Wildman–Crippen MR) is 133 cm³/mol. The molecule has 172 valence electrons. The molecule has 0 aliphatic carbocycles. The third-order valence-electron chi connectivity index (χ3n) is 5.03. The fraction of sp³-hybridized carbons (Fsp3) is 0.259. The maximum atomic E-state index is 12.9. The van der Waals surface area contributed by atoms with Crippen LogP contribution in [0.3, 0.4) is 0 Å². The molecule has 3 aromatic carbocycles. The highest BCUT2D eigenvalue weighted by atomic mass is 35.5. The monoisotopic (exact) mass is 464 g/mol. The fourth-order valence-corrected chi connectivity index (χ4v) is 3.67. The number of benzene rings is 3. The Morgan fingerprint density at radius 1 is 0.939 bits per heavy atom. The van der Waals surface area contributed by atoms with Crippen molar-refractivity contribution in [1.82, 2.24) is 10.6 Å². The molecule has 0 heterocycles. The van der Waals surface area contributed by atoms with E-state index in [9.17, 15) is 9.59 Å². The van der Waals surface area contributed by atoms with E-state index in [1.807, 2.05) is 44.2 Å². The summed E-state index contributed by atoms with van der Waals surface area (Å²) in [6, 6.07) is 23.1. The van der Waals surface area contributed by atoms with E-state index in [-0.39, 0.29) is 24.0 Å². The summed E-state index contributed by atoms with van der Waals surface area (Å²) >= 11 is 6.29. The Balaban J connectivity index is 1.71. The highest BCUT2D eigenvalue weighted by Gasteiger charge is 2.17. The van der Waals surface area contributed by atoms with Crippen molar-refractivity contribution in [2.45, 2.75) is 39.3 Å². The van der Waals surface area contributed by atoms with E-state index >= 15 is 0 Å². The first kappa shape index (κ1) is 24.3. The second-order valence-corrected chi connectivity index (χ2v) is 8.59. The van der Waals surface area contributed by atoms with Crippen molar-refractivity contribution in [2.24, 2.45) is 0 Å². The molecule has 33 heavy (non-hydrogen) atoms. The molecular weight excluding hydrogens is 436 g/mol. The molecular formula is C27H29ClN2O3. The van der Waals surface area contributed by atoms with Gasteiger partial charge >= 0.3 is 0 Å². The highest BCUT2D eigenvalue weighted by Crippen LogP contribution is 2.26. The highest BCUT2D eigenvalue weighted by molar-refractivity contribution is 6.32. The van der Waals surface area contributed by atoms with Crippen LogP contribution in [-0.2, 0) is 11.2 Å². The number of amides is 2. The van der Waals surface area contributed by atoms with Crippen molar-refractivity contribution < 1.29 is 14.3 Å². The molecule has 6 heteroatoms. The van der Waals surface area contributed by atoms with Gasteiger partial charge in [-0.25, -0.2) is 0 Å². The molecule has 1 atom stereocenters. The first-order chi connectivity index (χ1) is 15.8. The summed E-state index contributed by atoms with van der Waals surface area (Å²) in [7, 11) is 0. The molecule has 3 rings (SSSR count). The standard InChI is InChI=1S/C27H29ClN2O3/c1-18(2)33-26-14-13-23(16-25(26)28)27(32)30-24(17-29-19(3)31)15-20-9-11-22(12-10-20)21-7-5-4-6-8-21/h4-14,16,18,24H,15,17H2,1-3H3,(H,29,31)(H,30,32)/t24-/m0/s1. The van der Waals surface area contributed by atoms with Crippen LogP contribution in [0.1, 0.15) is 36.7 Å². The van der Waals surface area contributed by atoms with Gasteiger partial charge in [-0.2, -0.15) is 0 Å². The Kier molecular flexibility index (Phi) is 8.50. The molecule has 2 N–H and O–H groups in total. The molecule has 0 bridgehead atoms. The van der Waals surface area contributed by atoms with Crippen LogP contribution in [0, 0.1) is 0 Å². The molecule has 5 nitrogen and oxygen atoms in total. The Morgan fingerprint density at radius 2 is 1.61 bits per heavy atom. The summed E-state index contributed by atoms with van der Waals surface area (Å²) in [6.45, 7) is 5.61. The van der Waals surface area contributed by atoms with Crippen LogP contribution in [0.25, 0.3) is 11.1 Å². The molecule has 0 fully saturated rings. The van der Waals surface area contributed by atoms with E-state index in [4.69, 9.17) is 16.3 Å². The molecule has 0 saturated carbocycles. The minimum Gasteiger partial charge on any atom is -0.489 e. The summed E-state index contributed by atoms with van der Waals surface area (Å²) in [5, 5.41) is 6.20. The van der Waals surface area contributed by atoms with Gasteiger partial charge in [0.05, 0.1) is 17.2 Å². The second kappa shape index (κ2) is 11.5. The normalized spacial score (nSPS) is 11.7. The molecule has 0 aliphatic rings. The second-order valence-electron chi connectivity index (χ2n) is 8.19. The topological polar surface area (TPSA) is 67.4 Å². The lowest BCUT2D eigenvalue weighted by atomic mass is 10.0. The Morgan fingerprint density at radius 3 is 2.21 bits per heavy atom. The first-order valence-corrected chi connectivity index (χ1v) is 11.4. The van der Waals surface area contributed by atoms with E-state index in [1.54, 1.807) is 18.2 Å². The average molecular weight is 465 g/mol. The maximum Gasteiger partial charge on any atom is 0.251 e. The number of ether oxygens (including phenoxy) is 1. The van der Waals surface area contributed by atoms with Crippen molar-refractivity contribution in [2.75, 3.05) is 6.54 Å². The van der Waals surface area contributed by atoms with Gasteiger partial charge in [-0.15, -0.1) is 0 Å². The Hall–Kier alpha value is -3.31. The molecule has 0 aromatic heterocycles. The predicted octanol–water partition coefficient (Wildman–Crippen LogP) is 5.27. The Labute approximate surface area is 200 Å². The van der Waals surface area contributed by atoms with Gasteiger partial charge in [-0.05, 0) is 55.2 Å². The van der Waals surface area contributed by atoms with Crippen LogP contribution in [0.5, 0.6) is 5.75 Å². The van der Waals surface area contributed by atoms with Gasteiger partial charge in [-0.3, -0.25) is 9.59 Å². The van der Waals surface area contributed by atoms with E-state index < -0.39 is 0 Å². The molecule has 2 amide bonds. The molecule has 3 aromatic rings. The van der Waals surface area contributed by atoms with Crippen molar-refractivity contribution in [3.05, 3.63) is 88.9 Å². The summed E-state index contributed by atoms with van der Waals surface area (Å²) in [5.74, 6) is 0.132. The fourth-order valence-electron chi connectivity index (χ4n) is 3.45. The summed E-state index contributed by atoms with van der Waals surface area (Å²) in [4.78, 5) is 24.4. The zero-order chi connectivity index (χ0) is 23.8. The third-order valence-corrected chi connectivity index (χ3v) is 5.33. The third kappa shape index (κ3) is 7.36. The SMILES string of the molecule is CC(=O)NC[C@H](Cc1ccc(-c2ccccc2)cc1)NC(=O)c1ccc(OC(C)C)c(Cl)c1. The van der Waals surface area contributed by atoms with Crippen LogP contribution < -0.4 is 15.4 Å². The number of nitrogens with one attached hydrogen (secondary N) is 2. The van der Waals surface area contributed by atoms with Gasteiger partial charge < -0.3 is 15.4 Å². The average Bonchev–Trinajstić information content (AvgIpc) is 2.79. The van der Waals surface area contributed by atoms with E-state index in [1.165, 1.54) is 6.92 Å². The van der Waals surface area contributed by atoms with Crippen LogP contribution in [0.15, 0.2) is 72.8 Å². The Bertz CT molecular complexity index is 1080. The van der Waals surface area contributed by atoms with Gasteiger partial charge in [0.25, 0.3) is 5.91 Å². The molecule has 0 saturated heterocycles. The van der Waals surface area contributed by atoms with Gasteiger partial charge in [-0.1, -0.05) is 66.2 Å². The first-order valence-electron chi connectivity index (χ1n) is 11.0. The van der Waals surface area contributed by atoms with E-state index in [0.29, 0.717) is 29.3 Å². The van der Waals surface area contributed by atoms with Gasteiger partial charge in [0, 0.05) is 19.0 Å². The van der Waals surface area contributed by atoms with E-state index in [0.717, 1.165) is 16.7 Å². The minimum atomic E-state index is -0.283. The lowest BCUT2D eigenvalue weighted by molar-refractivity contribution is -0.119. The summed E-state index contributed by atoms with van der Waals surface area (Å²) < 4.78 is 5.64. The van der Waals surface area contributed by atoms with Crippen LogP contribution in [-0.4, -0.2) is 30.5 Å². The summed E-state index contributed by atoms with van der Waals surface area (Å²) in [6.07, 6.45) is 0.557. The number of hydrogen-bond acceptors (Lipinski definition) is 3. The van der Waals surface area contributed by atoms with Crippen LogP contribution in [0.4, 0.5) is 0 Å². The summed E-state index contributed by atoms with van der Waals surface area (Å²) in [5.41, 5.74) is 3.77. The minimum absolute atomic E-state index is 0.0162. The van der Waals surface area contributed by atoms with Gasteiger partial charge in [0.15, 0.2) is 0 Å². The molecule has 0 spiro atoms. The van der Waals surface area contributed by atoms with Crippen molar-refractivity contribution in [3.8, 4) is 16.9 Å². The van der Waals surface area contributed by atoms with Gasteiger partial charge in [0.1, 0.15) is 5.75 Å². The number of halogens is 1. The molecule has 0 unspecified atom stereocenters.